The van der Waals surface area contributed by atoms with Gasteiger partial charge in [-0.25, -0.2) is 4.98 Å². The van der Waals surface area contributed by atoms with E-state index in [9.17, 15) is 0 Å². The Morgan fingerprint density at radius 2 is 1.70 bits per heavy atom. The maximum absolute atomic E-state index is 6.07. The Hall–Kier alpha value is -2.30. The Balaban J connectivity index is 1.64. The van der Waals surface area contributed by atoms with Gasteiger partial charge in [0, 0.05) is 59.6 Å². The summed E-state index contributed by atoms with van der Waals surface area (Å²) in [5, 5.41) is 5.72. The second kappa shape index (κ2) is 8.44. The summed E-state index contributed by atoms with van der Waals surface area (Å²) < 4.78 is 0. The molecule has 1 fully saturated rings. The van der Waals surface area contributed by atoms with Crippen LogP contribution in [0.5, 0.6) is 0 Å². The van der Waals surface area contributed by atoms with Crippen molar-refractivity contribution in [2.45, 2.75) is 45.2 Å². The molecule has 1 saturated heterocycles. The number of rotatable bonds is 4. The van der Waals surface area contributed by atoms with Crippen LogP contribution in [0.1, 0.15) is 33.6 Å². The molecule has 158 valence electrons. The number of nitrogens with one attached hydrogen (secondary N) is 1. The van der Waals surface area contributed by atoms with Gasteiger partial charge in [-0.3, -0.25) is 0 Å². The van der Waals surface area contributed by atoms with E-state index in [0.717, 1.165) is 48.0 Å². The van der Waals surface area contributed by atoms with E-state index in [1.807, 2.05) is 24.3 Å². The third kappa shape index (κ3) is 4.71. The smallest absolute Gasteiger partial charge is 0.135 e. The number of aromatic nitrogens is 1. The number of anilines is 3. The van der Waals surface area contributed by atoms with Gasteiger partial charge in [0.1, 0.15) is 5.82 Å². The van der Waals surface area contributed by atoms with Crippen LogP contribution in [-0.2, 0) is 0 Å². The summed E-state index contributed by atoms with van der Waals surface area (Å²) >= 11 is 6.07. The number of piperidine rings is 1. The number of fused-ring (bicyclic) bond motifs is 1. The second-order valence-corrected chi connectivity index (χ2v) is 9.64. The van der Waals surface area contributed by atoms with Crippen molar-refractivity contribution in [1.29, 1.82) is 0 Å². The van der Waals surface area contributed by atoms with E-state index < -0.39 is 0 Å². The number of hydrogen-bond acceptors (Lipinski definition) is 4. The molecule has 0 spiro atoms. The van der Waals surface area contributed by atoms with Crippen LogP contribution >= 0.6 is 11.6 Å². The zero-order valence-corrected chi connectivity index (χ0v) is 19.1. The molecule has 1 aliphatic heterocycles. The largest absolute Gasteiger partial charge is 0.371 e. The molecule has 0 aliphatic carbocycles. The molecule has 1 N–H and O–H groups in total. The molecule has 30 heavy (non-hydrogen) atoms. The van der Waals surface area contributed by atoms with Gasteiger partial charge in [-0.1, -0.05) is 29.8 Å². The van der Waals surface area contributed by atoms with Crippen molar-refractivity contribution in [1.82, 2.24) is 10.3 Å². The third-order valence-corrected chi connectivity index (χ3v) is 5.96. The maximum atomic E-state index is 6.07. The summed E-state index contributed by atoms with van der Waals surface area (Å²) in [4.78, 5) is 9.59. The van der Waals surface area contributed by atoms with Crippen molar-refractivity contribution in [3.63, 3.8) is 0 Å². The van der Waals surface area contributed by atoms with Gasteiger partial charge >= 0.3 is 0 Å². The summed E-state index contributed by atoms with van der Waals surface area (Å²) in [6, 6.07) is 19.2. The fraction of sp³-hybridized carbons (Fsp3) is 0.400. The van der Waals surface area contributed by atoms with Crippen molar-refractivity contribution in [2.24, 2.45) is 0 Å². The van der Waals surface area contributed by atoms with Crippen LogP contribution < -0.4 is 15.1 Å². The molecule has 0 unspecified atom stereocenters. The van der Waals surface area contributed by atoms with Crippen molar-refractivity contribution in [3.05, 3.63) is 59.6 Å². The number of halogens is 1. The number of hydrogen-bond donors (Lipinski definition) is 1. The van der Waals surface area contributed by atoms with Gasteiger partial charge in [0.25, 0.3) is 0 Å². The Morgan fingerprint density at radius 3 is 2.37 bits per heavy atom. The van der Waals surface area contributed by atoms with Crippen molar-refractivity contribution >= 4 is 39.7 Å². The van der Waals surface area contributed by atoms with Crippen LogP contribution in [-0.4, -0.2) is 36.7 Å². The van der Waals surface area contributed by atoms with E-state index in [2.05, 4.69) is 73.3 Å². The van der Waals surface area contributed by atoms with E-state index in [0.29, 0.717) is 6.04 Å². The zero-order chi connectivity index (χ0) is 21.3. The molecule has 0 amide bonds. The molecule has 0 radical (unpaired) electrons. The Morgan fingerprint density at radius 1 is 1.03 bits per heavy atom. The van der Waals surface area contributed by atoms with E-state index in [1.165, 1.54) is 11.1 Å². The minimum atomic E-state index is 0.157. The molecule has 3 aromatic rings. The Labute approximate surface area is 184 Å². The quantitative estimate of drug-likeness (QED) is 0.557. The Kier molecular flexibility index (Phi) is 5.90. The standard InChI is InChI=1S/C25H31ClN4/c1-25(2,3)28-19-13-15-30(16-14-19)23-17-24(27-22-8-6-5-7-21(22)23)29(4)20-11-9-18(26)10-12-20/h5-12,17,19,28H,13-16H2,1-4H3. The Bertz CT molecular complexity index is 1000. The number of nitrogens with zero attached hydrogens (tertiary/aromatic N) is 3. The summed E-state index contributed by atoms with van der Waals surface area (Å²) in [5.41, 5.74) is 3.53. The molecule has 1 aliphatic rings. The minimum absolute atomic E-state index is 0.157. The van der Waals surface area contributed by atoms with Gasteiger partial charge in [0.05, 0.1) is 5.52 Å². The van der Waals surface area contributed by atoms with Crippen LogP contribution in [0.15, 0.2) is 54.6 Å². The molecular weight excluding hydrogens is 392 g/mol. The normalized spacial score (nSPS) is 15.6. The molecule has 4 rings (SSSR count). The highest BCUT2D eigenvalue weighted by Gasteiger charge is 2.24. The molecule has 2 aromatic carbocycles. The monoisotopic (exact) mass is 422 g/mol. The first-order valence-electron chi connectivity index (χ1n) is 10.7. The predicted molar refractivity (Wildman–Crippen MR) is 129 cm³/mol. The molecule has 2 heterocycles. The molecule has 0 atom stereocenters. The molecule has 0 saturated carbocycles. The minimum Gasteiger partial charge on any atom is -0.371 e. The maximum Gasteiger partial charge on any atom is 0.135 e. The summed E-state index contributed by atoms with van der Waals surface area (Å²) in [6.45, 7) is 8.83. The lowest BCUT2D eigenvalue weighted by atomic mass is 9.99. The van der Waals surface area contributed by atoms with Crippen molar-refractivity contribution in [3.8, 4) is 0 Å². The van der Waals surface area contributed by atoms with E-state index in [4.69, 9.17) is 16.6 Å². The van der Waals surface area contributed by atoms with Crippen LogP contribution in [0.2, 0.25) is 5.02 Å². The number of benzene rings is 2. The van der Waals surface area contributed by atoms with Gasteiger partial charge in [0.2, 0.25) is 0 Å². The first-order chi connectivity index (χ1) is 14.3. The van der Waals surface area contributed by atoms with Gasteiger partial charge in [-0.2, -0.15) is 0 Å². The molecule has 1 aromatic heterocycles. The highest BCUT2D eigenvalue weighted by atomic mass is 35.5. The summed E-state index contributed by atoms with van der Waals surface area (Å²) in [7, 11) is 2.06. The fourth-order valence-corrected chi connectivity index (χ4v) is 4.38. The first kappa shape index (κ1) is 21.0. The third-order valence-electron chi connectivity index (χ3n) is 5.71. The lowest BCUT2D eigenvalue weighted by molar-refractivity contribution is 0.317. The lowest BCUT2D eigenvalue weighted by Gasteiger charge is -2.38. The summed E-state index contributed by atoms with van der Waals surface area (Å²) in [5.74, 6) is 0.945. The van der Waals surface area contributed by atoms with Gasteiger partial charge in [0.15, 0.2) is 0 Å². The lowest BCUT2D eigenvalue weighted by Crippen LogP contribution is -2.49. The van der Waals surface area contributed by atoms with E-state index in [-0.39, 0.29) is 5.54 Å². The van der Waals surface area contributed by atoms with E-state index >= 15 is 0 Å². The van der Waals surface area contributed by atoms with Gasteiger partial charge in [-0.05, 0) is 63.9 Å². The number of pyridine rings is 1. The predicted octanol–water partition coefficient (Wildman–Crippen LogP) is 6.01. The average Bonchev–Trinajstić information content (AvgIpc) is 2.72. The van der Waals surface area contributed by atoms with Crippen LogP contribution in [0.25, 0.3) is 10.9 Å². The van der Waals surface area contributed by atoms with Crippen LogP contribution in [0, 0.1) is 0 Å². The highest BCUT2D eigenvalue weighted by molar-refractivity contribution is 6.30. The summed E-state index contributed by atoms with van der Waals surface area (Å²) in [6.07, 6.45) is 2.30. The van der Waals surface area contributed by atoms with Crippen LogP contribution in [0.3, 0.4) is 0 Å². The number of para-hydroxylation sites is 1. The van der Waals surface area contributed by atoms with Crippen molar-refractivity contribution < 1.29 is 0 Å². The average molecular weight is 423 g/mol. The van der Waals surface area contributed by atoms with Gasteiger partial charge in [-0.15, -0.1) is 0 Å². The zero-order valence-electron chi connectivity index (χ0n) is 18.3. The van der Waals surface area contributed by atoms with E-state index in [1.54, 1.807) is 0 Å². The molecule has 0 bridgehead atoms. The first-order valence-corrected chi connectivity index (χ1v) is 11.1. The van der Waals surface area contributed by atoms with Crippen molar-refractivity contribution in [2.75, 3.05) is 29.9 Å². The topological polar surface area (TPSA) is 31.4 Å². The van der Waals surface area contributed by atoms with Crippen LogP contribution in [0.4, 0.5) is 17.2 Å². The molecular formula is C25H31ClN4. The fourth-order valence-electron chi connectivity index (χ4n) is 4.25. The second-order valence-electron chi connectivity index (χ2n) is 9.21. The van der Waals surface area contributed by atoms with Gasteiger partial charge < -0.3 is 15.1 Å². The highest BCUT2D eigenvalue weighted by Crippen LogP contribution is 2.34. The molecule has 5 heteroatoms. The SMILES string of the molecule is CN(c1ccc(Cl)cc1)c1cc(N2CCC(NC(C)(C)C)CC2)c2ccccc2n1. The molecule has 4 nitrogen and oxygen atoms in total.